The van der Waals surface area contributed by atoms with Crippen LogP contribution in [0, 0.1) is 0 Å². The molecule has 1 aromatic rings. The quantitative estimate of drug-likeness (QED) is 0.771. The lowest BCUT2D eigenvalue weighted by Gasteiger charge is -2.19. The number of hydrogen-bond donors (Lipinski definition) is 0. The average Bonchev–Trinajstić information content (AvgIpc) is 3.00. The summed E-state index contributed by atoms with van der Waals surface area (Å²) in [6.45, 7) is 5.83. The van der Waals surface area contributed by atoms with Crippen molar-refractivity contribution in [2.45, 2.75) is 57.8 Å². The lowest BCUT2D eigenvalue weighted by atomic mass is 9.90. The fraction of sp³-hybridized carbons (Fsp3) is 0.714. The summed E-state index contributed by atoms with van der Waals surface area (Å²) in [6, 6.07) is 0. The Morgan fingerprint density at radius 1 is 1.50 bits per heavy atom. The van der Waals surface area contributed by atoms with Gasteiger partial charge in [0.25, 0.3) is 0 Å². The van der Waals surface area contributed by atoms with Crippen LogP contribution < -0.4 is 0 Å². The third-order valence-electron chi connectivity index (χ3n) is 3.65. The summed E-state index contributed by atoms with van der Waals surface area (Å²) in [6.07, 6.45) is 6.36. The van der Waals surface area contributed by atoms with E-state index in [-0.39, 0.29) is 5.97 Å². The van der Waals surface area contributed by atoms with Crippen molar-refractivity contribution in [3.05, 3.63) is 17.8 Å². The molecule has 1 heterocycles. The van der Waals surface area contributed by atoms with E-state index in [0.29, 0.717) is 18.2 Å². The SMILES string of the molecule is CCOC(=O)C(C)(C)c1coc(C2CCCC2)n1. The van der Waals surface area contributed by atoms with Gasteiger partial charge in [0.05, 0.1) is 12.3 Å². The smallest absolute Gasteiger partial charge is 0.317 e. The van der Waals surface area contributed by atoms with Crippen LogP contribution in [0.3, 0.4) is 0 Å². The number of esters is 1. The second-order valence-corrected chi connectivity index (χ2v) is 5.40. The maximum Gasteiger partial charge on any atom is 0.317 e. The molecule has 4 heteroatoms. The number of oxazole rings is 1. The predicted molar refractivity (Wildman–Crippen MR) is 67.4 cm³/mol. The minimum absolute atomic E-state index is 0.253. The van der Waals surface area contributed by atoms with Gasteiger partial charge in [-0.1, -0.05) is 12.8 Å². The molecule has 1 aromatic heterocycles. The van der Waals surface area contributed by atoms with Crippen LogP contribution in [0.5, 0.6) is 0 Å². The number of carbonyl (C=O) groups excluding carboxylic acids is 1. The maximum atomic E-state index is 11.9. The van der Waals surface area contributed by atoms with Crippen molar-refractivity contribution in [2.75, 3.05) is 6.61 Å². The Labute approximate surface area is 108 Å². The van der Waals surface area contributed by atoms with Crippen molar-refractivity contribution in [2.24, 2.45) is 0 Å². The molecule has 0 saturated heterocycles. The minimum Gasteiger partial charge on any atom is -0.465 e. The van der Waals surface area contributed by atoms with Gasteiger partial charge in [-0.2, -0.15) is 0 Å². The van der Waals surface area contributed by atoms with E-state index in [1.54, 1.807) is 13.2 Å². The molecule has 0 N–H and O–H groups in total. The first kappa shape index (κ1) is 13.1. The maximum absolute atomic E-state index is 11.9. The fourth-order valence-electron chi connectivity index (χ4n) is 2.35. The molecule has 1 saturated carbocycles. The predicted octanol–water partition coefficient (Wildman–Crippen LogP) is 3.17. The molecular weight excluding hydrogens is 230 g/mol. The van der Waals surface area contributed by atoms with E-state index in [0.717, 1.165) is 18.7 Å². The normalized spacial score (nSPS) is 17.1. The summed E-state index contributed by atoms with van der Waals surface area (Å²) < 4.78 is 10.6. The molecule has 18 heavy (non-hydrogen) atoms. The minimum atomic E-state index is -0.740. The van der Waals surface area contributed by atoms with Crippen molar-refractivity contribution in [3.63, 3.8) is 0 Å². The molecule has 0 amide bonds. The van der Waals surface area contributed by atoms with Crippen LogP contribution >= 0.6 is 0 Å². The fourth-order valence-corrected chi connectivity index (χ4v) is 2.35. The number of hydrogen-bond acceptors (Lipinski definition) is 4. The molecule has 0 radical (unpaired) electrons. The van der Waals surface area contributed by atoms with E-state index in [4.69, 9.17) is 9.15 Å². The Morgan fingerprint density at radius 3 is 2.78 bits per heavy atom. The summed E-state index contributed by atoms with van der Waals surface area (Å²) in [5.74, 6) is 0.952. The van der Waals surface area contributed by atoms with Crippen LogP contribution in [0.25, 0.3) is 0 Å². The highest BCUT2D eigenvalue weighted by Gasteiger charge is 2.35. The number of nitrogens with zero attached hydrogens (tertiary/aromatic N) is 1. The zero-order valence-corrected chi connectivity index (χ0v) is 11.4. The molecule has 0 spiro atoms. The van der Waals surface area contributed by atoms with Crippen LogP contribution in [0.1, 0.15) is 64.0 Å². The molecule has 1 fully saturated rings. The van der Waals surface area contributed by atoms with E-state index < -0.39 is 5.41 Å². The highest BCUT2D eigenvalue weighted by molar-refractivity contribution is 5.81. The molecule has 100 valence electrons. The third-order valence-corrected chi connectivity index (χ3v) is 3.65. The van der Waals surface area contributed by atoms with E-state index in [2.05, 4.69) is 4.98 Å². The van der Waals surface area contributed by atoms with Crippen LogP contribution in [0.15, 0.2) is 10.7 Å². The Bertz CT molecular complexity index is 416. The molecule has 1 aliphatic rings. The molecule has 0 atom stereocenters. The highest BCUT2D eigenvalue weighted by atomic mass is 16.5. The van der Waals surface area contributed by atoms with Gasteiger partial charge in [-0.15, -0.1) is 0 Å². The number of aromatic nitrogens is 1. The standard InChI is InChI=1S/C14H21NO3/c1-4-17-13(16)14(2,3)11-9-18-12(15-11)10-7-5-6-8-10/h9-10H,4-8H2,1-3H3. The summed E-state index contributed by atoms with van der Waals surface area (Å²) in [5.41, 5.74) is -0.0704. The van der Waals surface area contributed by atoms with Crippen molar-refractivity contribution in [3.8, 4) is 0 Å². The average molecular weight is 251 g/mol. The molecule has 0 unspecified atom stereocenters. The monoisotopic (exact) mass is 251 g/mol. The summed E-state index contributed by atoms with van der Waals surface area (Å²) >= 11 is 0. The lowest BCUT2D eigenvalue weighted by molar-refractivity contribution is -0.148. The van der Waals surface area contributed by atoms with E-state index >= 15 is 0 Å². The first-order valence-corrected chi connectivity index (χ1v) is 6.68. The molecule has 4 nitrogen and oxygen atoms in total. The largest absolute Gasteiger partial charge is 0.465 e. The molecule has 1 aliphatic carbocycles. The summed E-state index contributed by atoms with van der Waals surface area (Å²) in [7, 11) is 0. The van der Waals surface area contributed by atoms with Gasteiger partial charge in [0.15, 0.2) is 5.89 Å². The van der Waals surface area contributed by atoms with Crippen molar-refractivity contribution in [1.82, 2.24) is 4.98 Å². The van der Waals surface area contributed by atoms with Gasteiger partial charge in [0.2, 0.25) is 0 Å². The van der Waals surface area contributed by atoms with E-state index in [1.807, 2.05) is 13.8 Å². The molecule has 0 bridgehead atoms. The van der Waals surface area contributed by atoms with Gasteiger partial charge in [0, 0.05) is 5.92 Å². The second-order valence-electron chi connectivity index (χ2n) is 5.40. The van der Waals surface area contributed by atoms with Crippen LogP contribution in [-0.2, 0) is 14.9 Å². The van der Waals surface area contributed by atoms with Crippen LogP contribution in [-0.4, -0.2) is 17.6 Å². The van der Waals surface area contributed by atoms with Gasteiger partial charge < -0.3 is 9.15 Å². The Balaban J connectivity index is 2.15. The number of rotatable bonds is 4. The van der Waals surface area contributed by atoms with Crippen LogP contribution in [0.2, 0.25) is 0 Å². The van der Waals surface area contributed by atoms with Gasteiger partial charge in [-0.3, -0.25) is 4.79 Å². The van der Waals surface area contributed by atoms with Gasteiger partial charge in [-0.05, 0) is 33.6 Å². The summed E-state index contributed by atoms with van der Waals surface area (Å²) in [4.78, 5) is 16.4. The lowest BCUT2D eigenvalue weighted by Crippen LogP contribution is -2.31. The third kappa shape index (κ3) is 2.42. The van der Waals surface area contributed by atoms with Gasteiger partial charge in [0.1, 0.15) is 11.7 Å². The molecule has 0 aromatic carbocycles. The first-order valence-electron chi connectivity index (χ1n) is 6.68. The molecular formula is C14H21NO3. The van der Waals surface area contributed by atoms with Crippen molar-refractivity contribution < 1.29 is 13.9 Å². The van der Waals surface area contributed by atoms with Gasteiger partial charge in [-0.25, -0.2) is 4.98 Å². The van der Waals surface area contributed by atoms with Crippen molar-refractivity contribution in [1.29, 1.82) is 0 Å². The number of carbonyl (C=O) groups is 1. The second kappa shape index (κ2) is 5.12. The van der Waals surface area contributed by atoms with E-state index in [9.17, 15) is 4.79 Å². The topological polar surface area (TPSA) is 52.3 Å². The highest BCUT2D eigenvalue weighted by Crippen LogP contribution is 2.35. The molecule has 2 rings (SSSR count). The van der Waals surface area contributed by atoms with Gasteiger partial charge >= 0.3 is 5.97 Å². The number of ether oxygens (including phenoxy) is 1. The molecule has 0 aliphatic heterocycles. The van der Waals surface area contributed by atoms with E-state index in [1.165, 1.54) is 12.8 Å². The zero-order chi connectivity index (χ0) is 13.2. The van der Waals surface area contributed by atoms with Crippen LogP contribution in [0.4, 0.5) is 0 Å². The Kier molecular flexibility index (Phi) is 3.73. The Hall–Kier alpha value is -1.32. The summed E-state index contributed by atoms with van der Waals surface area (Å²) in [5, 5.41) is 0. The Morgan fingerprint density at radius 2 is 2.17 bits per heavy atom. The first-order chi connectivity index (χ1) is 8.55. The zero-order valence-electron chi connectivity index (χ0n) is 11.4. The van der Waals surface area contributed by atoms with Crippen molar-refractivity contribution >= 4 is 5.97 Å².